The number of carbonyl (C=O) groups is 2. The summed E-state index contributed by atoms with van der Waals surface area (Å²) in [6.45, 7) is 1.74. The van der Waals surface area contributed by atoms with Crippen LogP contribution in [0.25, 0.3) is 0 Å². The van der Waals surface area contributed by atoms with Crippen LogP contribution < -0.4 is 10.2 Å². The van der Waals surface area contributed by atoms with Crippen LogP contribution in [-0.4, -0.2) is 68.7 Å². The van der Waals surface area contributed by atoms with E-state index < -0.39 is 22.2 Å². The van der Waals surface area contributed by atoms with Gasteiger partial charge in [-0.2, -0.15) is 0 Å². The number of aliphatic hydroxyl groups excluding tert-OH is 1. The van der Waals surface area contributed by atoms with Crippen molar-refractivity contribution in [2.45, 2.75) is 36.8 Å². The molecule has 0 aliphatic carbocycles. The summed E-state index contributed by atoms with van der Waals surface area (Å²) in [7, 11) is -2.20. The molecule has 2 aliphatic heterocycles. The van der Waals surface area contributed by atoms with Crippen LogP contribution in [0.3, 0.4) is 0 Å². The number of aliphatic hydroxyl groups is 1. The van der Waals surface area contributed by atoms with E-state index in [1.54, 1.807) is 12.1 Å². The van der Waals surface area contributed by atoms with Crippen LogP contribution in [0.2, 0.25) is 0 Å². The van der Waals surface area contributed by atoms with Crippen LogP contribution in [0, 0.1) is 0 Å². The molecule has 2 aliphatic rings. The van der Waals surface area contributed by atoms with Gasteiger partial charge in [-0.3, -0.25) is 9.69 Å². The number of hydrogen-bond donors (Lipinski definition) is 2. The Morgan fingerprint density at radius 1 is 1.44 bits per heavy atom. The van der Waals surface area contributed by atoms with Crippen LogP contribution in [0.1, 0.15) is 18.9 Å². The number of nitrogens with one attached hydrogen (secondary N) is 1. The highest BCUT2D eigenvalue weighted by molar-refractivity contribution is 7.89. The van der Waals surface area contributed by atoms with Crippen LogP contribution >= 0.6 is 0 Å². The number of anilines is 1. The number of cyclic esters (lactones) is 1. The van der Waals surface area contributed by atoms with Crippen molar-refractivity contribution in [3.05, 3.63) is 23.8 Å². The average Bonchev–Trinajstić information content (AvgIpc) is 3.14. The molecule has 2 atom stereocenters. The first-order valence-electron chi connectivity index (χ1n) is 8.70. The van der Waals surface area contributed by atoms with Crippen LogP contribution in [-0.2, 0) is 26.0 Å². The van der Waals surface area contributed by atoms with E-state index in [1.807, 2.05) is 0 Å². The van der Waals surface area contributed by atoms with Crippen LogP contribution in [0.15, 0.2) is 23.1 Å². The average molecular weight is 397 g/mol. The van der Waals surface area contributed by atoms with E-state index >= 15 is 0 Å². The molecule has 9 nitrogen and oxygen atoms in total. The van der Waals surface area contributed by atoms with Crippen molar-refractivity contribution in [1.82, 2.24) is 9.62 Å². The Hall–Kier alpha value is -2.17. The first-order chi connectivity index (χ1) is 12.8. The minimum absolute atomic E-state index is 0.0848. The lowest BCUT2D eigenvalue weighted by molar-refractivity contribution is -0.119. The zero-order valence-corrected chi connectivity index (χ0v) is 16.0. The smallest absolute Gasteiger partial charge is 0.415 e. The molecule has 0 unspecified atom stereocenters. The second-order valence-corrected chi connectivity index (χ2v) is 8.74. The van der Waals surface area contributed by atoms with Crippen LogP contribution in [0.4, 0.5) is 10.5 Å². The second kappa shape index (κ2) is 7.45. The van der Waals surface area contributed by atoms with Crippen molar-refractivity contribution in [1.29, 1.82) is 0 Å². The van der Waals surface area contributed by atoms with Crippen molar-refractivity contribution >= 4 is 27.7 Å². The summed E-state index contributed by atoms with van der Waals surface area (Å²) >= 11 is 0. The minimum Gasteiger partial charge on any atom is -0.442 e. The number of rotatable bonds is 7. The summed E-state index contributed by atoms with van der Waals surface area (Å²) in [5.41, 5.74) is 1.38. The number of fused-ring (bicyclic) bond motifs is 3. The Labute approximate surface area is 157 Å². The summed E-state index contributed by atoms with van der Waals surface area (Å²) in [4.78, 5) is 25.0. The van der Waals surface area contributed by atoms with Gasteiger partial charge >= 0.3 is 6.09 Å². The predicted octanol–water partition coefficient (Wildman–Crippen LogP) is 0.0755. The van der Waals surface area contributed by atoms with Gasteiger partial charge in [0.1, 0.15) is 6.10 Å². The highest BCUT2D eigenvalue weighted by Gasteiger charge is 2.47. The maximum absolute atomic E-state index is 12.7. The fourth-order valence-corrected chi connectivity index (χ4v) is 4.69. The molecule has 27 heavy (non-hydrogen) atoms. The van der Waals surface area contributed by atoms with E-state index in [9.17, 15) is 18.0 Å². The number of nitrogens with zero attached hydrogens (tertiary/aromatic N) is 2. The van der Waals surface area contributed by atoms with Gasteiger partial charge in [-0.05, 0) is 36.6 Å². The third-order valence-corrected chi connectivity index (χ3v) is 6.69. The topological polar surface area (TPSA) is 116 Å². The van der Waals surface area contributed by atoms with Gasteiger partial charge in [-0.15, -0.1) is 0 Å². The summed E-state index contributed by atoms with van der Waals surface area (Å²) in [6.07, 6.45) is -0.173. The molecular weight excluding hydrogens is 374 g/mol. The summed E-state index contributed by atoms with van der Waals surface area (Å²) in [5, 5.41) is 11.6. The highest BCUT2D eigenvalue weighted by Crippen LogP contribution is 2.39. The lowest BCUT2D eigenvalue weighted by Crippen LogP contribution is -2.40. The van der Waals surface area contributed by atoms with E-state index in [0.29, 0.717) is 18.5 Å². The molecule has 0 saturated carbocycles. The van der Waals surface area contributed by atoms with Gasteiger partial charge in [-0.25, -0.2) is 17.5 Å². The molecule has 2 N–H and O–H groups in total. The molecule has 1 aromatic carbocycles. The normalized spacial score (nSPS) is 21.2. The molecule has 10 heteroatoms. The quantitative estimate of drug-likeness (QED) is 0.673. The molecule has 2 heterocycles. The Balaban J connectivity index is 1.83. The number of sulfonamides is 1. The third kappa shape index (κ3) is 3.64. The Kier molecular flexibility index (Phi) is 5.41. The SMILES string of the molecule is CC(=O)NC[C@@H]1OC(=O)N2c3ccc(S(=O)(=O)N(C)CCCO)cc3C[C@@H]12. The van der Waals surface area contributed by atoms with Gasteiger partial charge in [0, 0.05) is 27.1 Å². The van der Waals surface area contributed by atoms with Crippen LogP contribution in [0.5, 0.6) is 0 Å². The standard InChI is InChI=1S/C17H23N3O6S/c1-11(22)18-10-16-15-9-12-8-13(27(24,25)19(2)6-3-7-21)4-5-14(12)20(15)17(23)26-16/h4-5,8,15-16,21H,3,6-7,9-10H2,1-2H3,(H,18,22)/t15-,16-/m0/s1. The molecule has 1 aromatic rings. The number of benzene rings is 1. The lowest BCUT2D eigenvalue weighted by atomic mass is 10.1. The molecule has 2 amide bonds. The van der Waals surface area contributed by atoms with Crippen molar-refractivity contribution in [2.75, 3.05) is 31.6 Å². The number of amides is 2. The Bertz CT molecular complexity index is 856. The van der Waals surface area contributed by atoms with Crippen molar-refractivity contribution in [3.63, 3.8) is 0 Å². The van der Waals surface area contributed by atoms with E-state index in [-0.39, 0.29) is 36.5 Å². The van der Waals surface area contributed by atoms with E-state index in [1.165, 1.54) is 29.2 Å². The van der Waals surface area contributed by atoms with E-state index in [2.05, 4.69) is 5.32 Å². The zero-order chi connectivity index (χ0) is 19.8. The molecule has 1 saturated heterocycles. The number of hydrogen-bond acceptors (Lipinski definition) is 6. The predicted molar refractivity (Wildman–Crippen MR) is 96.9 cm³/mol. The summed E-state index contributed by atoms with van der Waals surface area (Å²) in [6, 6.07) is 4.40. The summed E-state index contributed by atoms with van der Waals surface area (Å²) in [5.74, 6) is -0.209. The van der Waals surface area contributed by atoms with E-state index in [4.69, 9.17) is 9.84 Å². The maximum Gasteiger partial charge on any atom is 0.415 e. The zero-order valence-electron chi connectivity index (χ0n) is 15.2. The molecule has 3 rings (SSSR count). The van der Waals surface area contributed by atoms with Gasteiger partial charge in [0.2, 0.25) is 15.9 Å². The first kappa shape index (κ1) is 19.6. The summed E-state index contributed by atoms with van der Waals surface area (Å²) < 4.78 is 31.9. The van der Waals surface area contributed by atoms with Crippen molar-refractivity contribution in [2.24, 2.45) is 0 Å². The third-order valence-electron chi connectivity index (χ3n) is 4.84. The highest BCUT2D eigenvalue weighted by atomic mass is 32.2. The largest absolute Gasteiger partial charge is 0.442 e. The van der Waals surface area contributed by atoms with Crippen molar-refractivity contribution in [3.8, 4) is 0 Å². The van der Waals surface area contributed by atoms with Gasteiger partial charge in [0.15, 0.2) is 0 Å². The first-order valence-corrected chi connectivity index (χ1v) is 10.1. The van der Waals surface area contributed by atoms with E-state index in [0.717, 1.165) is 5.56 Å². The van der Waals surface area contributed by atoms with Gasteiger partial charge in [0.25, 0.3) is 0 Å². The van der Waals surface area contributed by atoms with Gasteiger partial charge in [0.05, 0.1) is 23.2 Å². The molecule has 0 spiro atoms. The minimum atomic E-state index is -3.67. The molecule has 0 radical (unpaired) electrons. The Morgan fingerprint density at radius 2 is 2.19 bits per heavy atom. The second-order valence-electron chi connectivity index (χ2n) is 6.70. The van der Waals surface area contributed by atoms with Gasteiger partial charge in [-0.1, -0.05) is 0 Å². The van der Waals surface area contributed by atoms with Crippen molar-refractivity contribution < 1.29 is 27.9 Å². The molecule has 148 valence electrons. The maximum atomic E-state index is 12.7. The fourth-order valence-electron chi connectivity index (χ4n) is 3.43. The van der Waals surface area contributed by atoms with Gasteiger partial charge < -0.3 is 15.2 Å². The lowest BCUT2D eigenvalue weighted by Gasteiger charge is -2.18. The molecule has 0 aromatic heterocycles. The monoisotopic (exact) mass is 397 g/mol. The fraction of sp³-hybridized carbons (Fsp3) is 0.529. The Morgan fingerprint density at radius 3 is 2.85 bits per heavy atom. The molecule has 0 bridgehead atoms. The molecular formula is C17H23N3O6S. The molecule has 1 fully saturated rings. The number of carbonyl (C=O) groups excluding carboxylic acids is 2. The number of ether oxygens (including phenoxy) is 1.